The first-order chi connectivity index (χ1) is 9.89. The van der Waals surface area contributed by atoms with Crippen molar-refractivity contribution in [2.24, 2.45) is 11.3 Å². The van der Waals surface area contributed by atoms with Gasteiger partial charge in [0.25, 0.3) is 0 Å². The van der Waals surface area contributed by atoms with E-state index in [1.807, 2.05) is 19.1 Å². The number of fused-ring (bicyclic) bond motifs is 1. The Kier molecular flexibility index (Phi) is 3.44. The van der Waals surface area contributed by atoms with Crippen molar-refractivity contribution in [3.8, 4) is 0 Å². The molecule has 1 aliphatic heterocycles. The highest BCUT2D eigenvalue weighted by Gasteiger charge is 2.59. The van der Waals surface area contributed by atoms with Crippen LogP contribution in [0.4, 0.5) is 11.4 Å². The molecule has 2 fully saturated rings. The Labute approximate surface area is 126 Å². The van der Waals surface area contributed by atoms with Gasteiger partial charge in [0.1, 0.15) is 0 Å². The van der Waals surface area contributed by atoms with E-state index in [0.29, 0.717) is 18.1 Å². The highest BCUT2D eigenvalue weighted by Crippen LogP contribution is 2.53. The van der Waals surface area contributed by atoms with Gasteiger partial charge in [-0.2, -0.15) is 0 Å². The van der Waals surface area contributed by atoms with Crippen LogP contribution in [-0.2, 0) is 9.53 Å². The SMILES string of the molecule is CC(=O)Nc1ccc(NC2C3CCOC3C2(C)C)cc1C. The third-order valence-corrected chi connectivity index (χ3v) is 4.96. The van der Waals surface area contributed by atoms with Gasteiger partial charge >= 0.3 is 0 Å². The number of ether oxygens (including phenoxy) is 1. The molecule has 3 unspecified atom stereocenters. The molecule has 1 heterocycles. The number of rotatable bonds is 3. The molecule has 114 valence electrons. The predicted octanol–water partition coefficient (Wildman–Crippen LogP) is 3.18. The zero-order valence-electron chi connectivity index (χ0n) is 13.2. The lowest BCUT2D eigenvalue weighted by Crippen LogP contribution is -2.63. The predicted molar refractivity (Wildman–Crippen MR) is 84.5 cm³/mol. The molecular weight excluding hydrogens is 264 g/mol. The number of carbonyl (C=O) groups is 1. The summed E-state index contributed by atoms with van der Waals surface area (Å²) in [7, 11) is 0. The Hall–Kier alpha value is -1.55. The minimum absolute atomic E-state index is 0.0371. The van der Waals surface area contributed by atoms with Crippen LogP contribution in [-0.4, -0.2) is 24.7 Å². The molecule has 0 spiro atoms. The number of hydrogen-bond acceptors (Lipinski definition) is 3. The Balaban J connectivity index is 1.74. The standard InChI is InChI=1S/C17H24N2O2/c1-10-9-12(5-6-14(10)18-11(2)20)19-15-13-7-8-21-16(13)17(15,3)4/h5-6,9,13,15-16,19H,7-8H2,1-4H3,(H,18,20). The zero-order valence-corrected chi connectivity index (χ0v) is 13.2. The van der Waals surface area contributed by atoms with E-state index in [4.69, 9.17) is 4.74 Å². The fourth-order valence-electron chi connectivity index (χ4n) is 3.88. The number of carbonyl (C=O) groups excluding carboxylic acids is 1. The van der Waals surface area contributed by atoms with Gasteiger partial charge in [0.15, 0.2) is 0 Å². The fourth-order valence-corrected chi connectivity index (χ4v) is 3.88. The van der Waals surface area contributed by atoms with E-state index in [2.05, 4.69) is 30.5 Å². The highest BCUT2D eigenvalue weighted by atomic mass is 16.5. The normalized spacial score (nSPS) is 29.4. The average molecular weight is 288 g/mol. The van der Waals surface area contributed by atoms with Crippen molar-refractivity contribution in [1.82, 2.24) is 0 Å². The maximum atomic E-state index is 11.2. The maximum Gasteiger partial charge on any atom is 0.221 e. The summed E-state index contributed by atoms with van der Waals surface area (Å²) in [5.41, 5.74) is 3.24. The van der Waals surface area contributed by atoms with Gasteiger partial charge in [-0.05, 0) is 37.1 Å². The Morgan fingerprint density at radius 1 is 1.38 bits per heavy atom. The molecule has 1 saturated carbocycles. The van der Waals surface area contributed by atoms with Crippen LogP contribution in [0.15, 0.2) is 18.2 Å². The summed E-state index contributed by atoms with van der Waals surface area (Å²) in [4.78, 5) is 11.2. The lowest BCUT2D eigenvalue weighted by Gasteiger charge is -2.55. The molecule has 0 aromatic heterocycles. The lowest BCUT2D eigenvalue weighted by atomic mass is 9.57. The second-order valence-electron chi connectivity index (χ2n) is 6.90. The van der Waals surface area contributed by atoms with Crippen LogP contribution in [0.5, 0.6) is 0 Å². The second kappa shape index (κ2) is 5.02. The van der Waals surface area contributed by atoms with E-state index in [1.54, 1.807) is 0 Å². The number of hydrogen-bond donors (Lipinski definition) is 2. The van der Waals surface area contributed by atoms with Crippen LogP contribution < -0.4 is 10.6 Å². The summed E-state index contributed by atoms with van der Waals surface area (Å²) in [6.45, 7) is 8.98. The minimum atomic E-state index is -0.0371. The molecule has 2 N–H and O–H groups in total. The number of benzene rings is 1. The van der Waals surface area contributed by atoms with Crippen LogP contribution in [0.3, 0.4) is 0 Å². The van der Waals surface area contributed by atoms with E-state index in [-0.39, 0.29) is 11.3 Å². The Morgan fingerprint density at radius 3 is 2.81 bits per heavy atom. The first-order valence-electron chi connectivity index (χ1n) is 7.66. The number of amides is 1. The largest absolute Gasteiger partial charge is 0.381 e. The number of anilines is 2. The van der Waals surface area contributed by atoms with Gasteiger partial charge < -0.3 is 15.4 Å². The van der Waals surface area contributed by atoms with Crippen molar-refractivity contribution in [2.45, 2.75) is 46.3 Å². The van der Waals surface area contributed by atoms with Crippen molar-refractivity contribution < 1.29 is 9.53 Å². The van der Waals surface area contributed by atoms with E-state index in [0.717, 1.165) is 30.0 Å². The Morgan fingerprint density at radius 2 is 2.14 bits per heavy atom. The van der Waals surface area contributed by atoms with E-state index in [9.17, 15) is 4.79 Å². The third-order valence-electron chi connectivity index (χ3n) is 4.96. The molecule has 0 bridgehead atoms. The summed E-state index contributed by atoms with van der Waals surface area (Å²) in [6, 6.07) is 6.56. The topological polar surface area (TPSA) is 50.4 Å². The van der Waals surface area contributed by atoms with Gasteiger partial charge in [-0.1, -0.05) is 13.8 Å². The molecule has 0 radical (unpaired) electrons. The molecule has 21 heavy (non-hydrogen) atoms. The molecule has 4 heteroatoms. The van der Waals surface area contributed by atoms with Crippen LogP contribution in [0.2, 0.25) is 0 Å². The molecule has 1 aromatic rings. The monoisotopic (exact) mass is 288 g/mol. The van der Waals surface area contributed by atoms with E-state index >= 15 is 0 Å². The maximum absolute atomic E-state index is 11.2. The average Bonchev–Trinajstić information content (AvgIpc) is 2.85. The molecule has 4 nitrogen and oxygen atoms in total. The van der Waals surface area contributed by atoms with Crippen LogP contribution in [0.25, 0.3) is 0 Å². The molecule has 3 rings (SSSR count). The first kappa shape index (κ1) is 14.4. The summed E-state index contributed by atoms with van der Waals surface area (Å²) >= 11 is 0. The fraction of sp³-hybridized carbons (Fsp3) is 0.588. The second-order valence-corrected chi connectivity index (χ2v) is 6.90. The van der Waals surface area contributed by atoms with Gasteiger partial charge in [0, 0.05) is 42.3 Å². The highest BCUT2D eigenvalue weighted by molar-refractivity contribution is 5.89. The lowest BCUT2D eigenvalue weighted by molar-refractivity contribution is -0.114. The van der Waals surface area contributed by atoms with E-state index in [1.165, 1.54) is 6.92 Å². The van der Waals surface area contributed by atoms with Gasteiger partial charge in [-0.25, -0.2) is 0 Å². The van der Waals surface area contributed by atoms with Crippen molar-refractivity contribution in [2.75, 3.05) is 17.2 Å². The molecular formula is C17H24N2O2. The first-order valence-corrected chi connectivity index (χ1v) is 7.66. The van der Waals surface area contributed by atoms with Crippen LogP contribution >= 0.6 is 0 Å². The van der Waals surface area contributed by atoms with Gasteiger partial charge in [-0.15, -0.1) is 0 Å². The van der Waals surface area contributed by atoms with Crippen LogP contribution in [0.1, 0.15) is 32.8 Å². The smallest absolute Gasteiger partial charge is 0.221 e. The van der Waals surface area contributed by atoms with Gasteiger partial charge in [-0.3, -0.25) is 4.79 Å². The van der Waals surface area contributed by atoms with Crippen molar-refractivity contribution in [1.29, 1.82) is 0 Å². The molecule has 3 atom stereocenters. The van der Waals surface area contributed by atoms with Crippen molar-refractivity contribution >= 4 is 17.3 Å². The summed E-state index contributed by atoms with van der Waals surface area (Å²) in [5, 5.41) is 6.52. The third kappa shape index (κ3) is 2.42. The number of nitrogens with one attached hydrogen (secondary N) is 2. The zero-order chi connectivity index (χ0) is 15.2. The van der Waals surface area contributed by atoms with E-state index < -0.39 is 0 Å². The molecule has 1 saturated heterocycles. The molecule has 1 amide bonds. The van der Waals surface area contributed by atoms with Crippen LogP contribution in [0, 0.1) is 18.3 Å². The Bertz CT molecular complexity index is 568. The van der Waals surface area contributed by atoms with Gasteiger partial charge in [0.05, 0.1) is 6.10 Å². The quantitative estimate of drug-likeness (QED) is 0.898. The minimum Gasteiger partial charge on any atom is -0.381 e. The van der Waals surface area contributed by atoms with Crippen molar-refractivity contribution in [3.63, 3.8) is 0 Å². The summed E-state index contributed by atoms with van der Waals surface area (Å²) in [6.07, 6.45) is 1.55. The summed E-state index contributed by atoms with van der Waals surface area (Å²) in [5.74, 6) is 0.584. The molecule has 1 aromatic carbocycles. The van der Waals surface area contributed by atoms with Crippen molar-refractivity contribution in [3.05, 3.63) is 23.8 Å². The molecule has 2 aliphatic rings. The van der Waals surface area contributed by atoms with Gasteiger partial charge in [0.2, 0.25) is 5.91 Å². The molecule has 1 aliphatic carbocycles. The summed E-state index contributed by atoms with van der Waals surface area (Å²) < 4.78 is 5.83. The number of aryl methyl sites for hydroxylation is 1.